The van der Waals surface area contributed by atoms with Crippen LogP contribution in [-0.4, -0.2) is 34.8 Å². The van der Waals surface area contributed by atoms with Crippen LogP contribution in [0.15, 0.2) is 11.0 Å². The van der Waals surface area contributed by atoms with Crippen molar-refractivity contribution in [3.63, 3.8) is 0 Å². The molecule has 2 aliphatic rings. The van der Waals surface area contributed by atoms with Crippen molar-refractivity contribution in [2.45, 2.75) is 19.2 Å². The van der Waals surface area contributed by atoms with Crippen LogP contribution in [0.3, 0.4) is 0 Å². The van der Waals surface area contributed by atoms with E-state index in [9.17, 15) is 9.59 Å². The largest absolute Gasteiger partial charge is 0.394 e. The van der Waals surface area contributed by atoms with Crippen molar-refractivity contribution in [2.24, 2.45) is 0 Å². The fourth-order valence-corrected chi connectivity index (χ4v) is 2.69. The Kier molecular flexibility index (Phi) is 2.57. The predicted octanol–water partition coefficient (Wildman–Crippen LogP) is 0.286. The number of fused-ring (bicyclic) bond motifs is 2. The Bertz CT molecular complexity index is 584. The summed E-state index contributed by atoms with van der Waals surface area (Å²) in [5.41, 5.74) is 5.33. The van der Waals surface area contributed by atoms with Crippen molar-refractivity contribution < 1.29 is 9.53 Å². The van der Waals surface area contributed by atoms with Crippen LogP contribution in [0.4, 0.5) is 5.69 Å². The van der Waals surface area contributed by atoms with E-state index in [2.05, 4.69) is 0 Å². The summed E-state index contributed by atoms with van der Waals surface area (Å²) >= 11 is 5.94. The maximum absolute atomic E-state index is 12.3. The molecule has 6 nitrogen and oxygen atoms in total. The molecule has 3 heterocycles. The highest BCUT2D eigenvalue weighted by Crippen LogP contribution is 2.25. The highest BCUT2D eigenvalue weighted by Gasteiger charge is 2.36. The van der Waals surface area contributed by atoms with Crippen LogP contribution in [-0.2, 0) is 11.3 Å². The Morgan fingerprint density at radius 3 is 3.00 bits per heavy atom. The van der Waals surface area contributed by atoms with Crippen LogP contribution in [0.1, 0.15) is 16.9 Å². The van der Waals surface area contributed by atoms with Crippen molar-refractivity contribution in [1.29, 1.82) is 0 Å². The molecule has 0 saturated carbocycles. The quantitative estimate of drug-likeness (QED) is 0.734. The molecule has 96 valence electrons. The summed E-state index contributed by atoms with van der Waals surface area (Å²) in [6, 6.07) is 0. The molecule has 18 heavy (non-hydrogen) atoms. The number of amides is 1. The van der Waals surface area contributed by atoms with Gasteiger partial charge in [0.05, 0.1) is 18.8 Å². The summed E-state index contributed by atoms with van der Waals surface area (Å²) in [6.07, 6.45) is 1.95. The zero-order chi connectivity index (χ0) is 12.9. The molecule has 0 bridgehead atoms. The van der Waals surface area contributed by atoms with Crippen molar-refractivity contribution in [3.05, 3.63) is 27.1 Å². The Balaban J connectivity index is 2.16. The van der Waals surface area contributed by atoms with E-state index in [0.29, 0.717) is 19.7 Å². The van der Waals surface area contributed by atoms with Gasteiger partial charge in [0, 0.05) is 12.7 Å². The smallest absolute Gasteiger partial charge is 0.274 e. The Morgan fingerprint density at radius 2 is 2.22 bits per heavy atom. The minimum atomic E-state index is -0.493. The Labute approximate surface area is 108 Å². The first kappa shape index (κ1) is 11.6. The molecule has 1 fully saturated rings. The van der Waals surface area contributed by atoms with Gasteiger partial charge in [0.1, 0.15) is 10.7 Å². The van der Waals surface area contributed by atoms with Gasteiger partial charge >= 0.3 is 0 Å². The minimum absolute atomic E-state index is 0.0424. The topological polar surface area (TPSA) is 77.6 Å². The first-order chi connectivity index (χ1) is 8.59. The van der Waals surface area contributed by atoms with Gasteiger partial charge in [0.15, 0.2) is 6.23 Å². The minimum Gasteiger partial charge on any atom is -0.394 e. The van der Waals surface area contributed by atoms with Crippen LogP contribution in [0.25, 0.3) is 0 Å². The summed E-state index contributed by atoms with van der Waals surface area (Å²) in [6.45, 7) is 1.71. The number of ether oxygens (including phenoxy) is 1. The molecule has 0 aliphatic carbocycles. The van der Waals surface area contributed by atoms with Crippen LogP contribution in [0.5, 0.6) is 0 Å². The number of halogens is 1. The Morgan fingerprint density at radius 1 is 1.44 bits per heavy atom. The molecule has 1 saturated heterocycles. The van der Waals surface area contributed by atoms with E-state index < -0.39 is 5.43 Å². The number of hydrogen-bond donors (Lipinski definition) is 1. The maximum atomic E-state index is 12.3. The third-order valence-electron chi connectivity index (χ3n) is 3.27. The number of nitrogens with zero attached hydrogens (tertiary/aromatic N) is 2. The van der Waals surface area contributed by atoms with Gasteiger partial charge in [-0.05, 0) is 6.42 Å². The lowest BCUT2D eigenvalue weighted by Gasteiger charge is -2.40. The number of nitrogens with two attached hydrogens (primary N) is 1. The zero-order valence-corrected chi connectivity index (χ0v) is 10.3. The van der Waals surface area contributed by atoms with Crippen LogP contribution in [0.2, 0.25) is 5.02 Å². The van der Waals surface area contributed by atoms with E-state index in [0.717, 1.165) is 6.42 Å². The number of anilines is 1. The maximum Gasteiger partial charge on any atom is 0.274 e. The first-order valence-electron chi connectivity index (χ1n) is 5.70. The molecule has 7 heteroatoms. The molecule has 1 aromatic heterocycles. The van der Waals surface area contributed by atoms with Crippen LogP contribution >= 0.6 is 11.6 Å². The number of pyridine rings is 1. The number of carbonyl (C=O) groups is 1. The van der Waals surface area contributed by atoms with Gasteiger partial charge in [-0.15, -0.1) is 0 Å². The molecule has 3 rings (SSSR count). The highest BCUT2D eigenvalue weighted by atomic mass is 35.5. The fourth-order valence-electron chi connectivity index (χ4n) is 2.39. The third kappa shape index (κ3) is 1.53. The predicted molar refractivity (Wildman–Crippen MR) is 65.5 cm³/mol. The summed E-state index contributed by atoms with van der Waals surface area (Å²) in [5, 5.41) is -0.107. The summed E-state index contributed by atoms with van der Waals surface area (Å²) < 4.78 is 7.15. The highest BCUT2D eigenvalue weighted by molar-refractivity contribution is 6.33. The van der Waals surface area contributed by atoms with Crippen molar-refractivity contribution >= 4 is 23.2 Å². The third-order valence-corrected chi connectivity index (χ3v) is 3.62. The average Bonchev–Trinajstić information content (AvgIpc) is 2.36. The van der Waals surface area contributed by atoms with E-state index in [1.54, 1.807) is 9.47 Å². The second-order valence-electron chi connectivity index (χ2n) is 4.41. The molecule has 2 aliphatic heterocycles. The second-order valence-corrected chi connectivity index (χ2v) is 4.78. The van der Waals surface area contributed by atoms with Gasteiger partial charge in [-0.1, -0.05) is 11.6 Å². The molecular weight excluding hydrogens is 258 g/mol. The average molecular weight is 270 g/mol. The zero-order valence-electron chi connectivity index (χ0n) is 9.56. The molecule has 1 atom stereocenters. The van der Waals surface area contributed by atoms with Gasteiger partial charge in [-0.3, -0.25) is 9.59 Å². The van der Waals surface area contributed by atoms with Crippen molar-refractivity contribution in [2.75, 3.05) is 18.9 Å². The van der Waals surface area contributed by atoms with E-state index in [1.165, 1.54) is 6.20 Å². The SMILES string of the molecule is Nc1cn2c(c(Cl)c1=O)C(=O)N1CCCOC1C2. The standard InChI is InChI=1S/C11H12ClN3O3/c12-8-9-11(17)15-2-1-3-18-7(15)5-14(9)4-6(13)10(8)16/h4,7H,1-3,5,13H2. The van der Waals surface area contributed by atoms with Crippen molar-refractivity contribution in [3.8, 4) is 0 Å². The van der Waals surface area contributed by atoms with E-state index in [-0.39, 0.29) is 28.5 Å². The van der Waals surface area contributed by atoms with Crippen LogP contribution in [0, 0.1) is 0 Å². The summed E-state index contributed by atoms with van der Waals surface area (Å²) in [5.74, 6) is -0.270. The normalized spacial score (nSPS) is 22.6. The van der Waals surface area contributed by atoms with Gasteiger partial charge in [-0.25, -0.2) is 0 Å². The van der Waals surface area contributed by atoms with Gasteiger partial charge < -0.3 is 19.9 Å². The molecule has 2 N–H and O–H groups in total. The van der Waals surface area contributed by atoms with Crippen LogP contribution < -0.4 is 11.2 Å². The van der Waals surface area contributed by atoms with E-state index >= 15 is 0 Å². The molecule has 1 aromatic rings. The number of rotatable bonds is 0. The summed E-state index contributed by atoms with van der Waals surface area (Å²) in [7, 11) is 0. The first-order valence-corrected chi connectivity index (χ1v) is 6.08. The Hall–Kier alpha value is -1.53. The van der Waals surface area contributed by atoms with E-state index in [1.807, 2.05) is 0 Å². The number of carbonyl (C=O) groups excluding carboxylic acids is 1. The lowest BCUT2D eigenvalue weighted by molar-refractivity contribution is -0.0917. The molecule has 1 amide bonds. The fraction of sp³-hybridized carbons (Fsp3) is 0.455. The van der Waals surface area contributed by atoms with Gasteiger partial charge in [0.25, 0.3) is 5.91 Å². The number of aromatic nitrogens is 1. The van der Waals surface area contributed by atoms with Gasteiger partial charge in [-0.2, -0.15) is 0 Å². The number of hydrogen-bond acceptors (Lipinski definition) is 4. The lowest BCUT2D eigenvalue weighted by Crippen LogP contribution is -2.53. The summed E-state index contributed by atoms with van der Waals surface area (Å²) in [4.78, 5) is 25.6. The monoisotopic (exact) mass is 269 g/mol. The lowest BCUT2D eigenvalue weighted by atomic mass is 10.1. The molecule has 0 spiro atoms. The molecule has 1 unspecified atom stereocenters. The van der Waals surface area contributed by atoms with E-state index in [4.69, 9.17) is 22.1 Å². The molecular formula is C11H12ClN3O3. The van der Waals surface area contributed by atoms with Crippen molar-refractivity contribution in [1.82, 2.24) is 9.47 Å². The second kappa shape index (κ2) is 4.00. The van der Waals surface area contributed by atoms with Gasteiger partial charge in [0.2, 0.25) is 5.43 Å². The molecule has 0 radical (unpaired) electrons. The molecule has 0 aromatic carbocycles. The number of nitrogen functional groups attached to an aromatic ring is 1.